The van der Waals surface area contributed by atoms with Gasteiger partial charge in [-0.1, -0.05) is 54.1 Å². The lowest BCUT2D eigenvalue weighted by Crippen LogP contribution is -2.25. The molecule has 0 aliphatic carbocycles. The molecule has 0 aromatic heterocycles. The molecule has 0 fully saturated rings. The van der Waals surface area contributed by atoms with Crippen molar-refractivity contribution < 1.29 is 14.3 Å². The van der Waals surface area contributed by atoms with Crippen molar-refractivity contribution in [2.24, 2.45) is 0 Å². The summed E-state index contributed by atoms with van der Waals surface area (Å²) in [4.78, 5) is 14.1. The Kier molecular flexibility index (Phi) is 8.02. The number of allylic oxidation sites excluding steroid dienone is 2. The average Bonchev–Trinajstić information content (AvgIpc) is 2.65. The van der Waals surface area contributed by atoms with Crippen LogP contribution in [-0.4, -0.2) is 38.6 Å². The van der Waals surface area contributed by atoms with Crippen molar-refractivity contribution >= 4 is 18.1 Å². The quantitative estimate of drug-likeness (QED) is 0.285. The second-order valence-corrected chi connectivity index (χ2v) is 7.14. The standard InChI is InChI=1S/C24H29NO3/c1-18(2)11-14-21-22(27-5)15-20(13-12-19-9-7-6-8-10-19)16-23(21)28-24(26)17-25(3)4/h6-13,15-16H,14,17H2,1-5H3/b13-12+. The second kappa shape index (κ2) is 10.5. The lowest BCUT2D eigenvalue weighted by molar-refractivity contribution is -0.135. The van der Waals surface area contributed by atoms with Crippen LogP contribution in [0.3, 0.4) is 0 Å². The number of likely N-dealkylation sites (N-methyl/N-ethyl adjacent to an activating group) is 1. The van der Waals surface area contributed by atoms with Crippen molar-refractivity contribution in [3.05, 3.63) is 70.8 Å². The smallest absolute Gasteiger partial charge is 0.325 e. The Balaban J connectivity index is 2.41. The third-order valence-corrected chi connectivity index (χ3v) is 4.06. The fourth-order valence-corrected chi connectivity index (χ4v) is 2.69. The number of carbonyl (C=O) groups is 1. The first kappa shape index (κ1) is 21.5. The Morgan fingerprint density at radius 1 is 1.00 bits per heavy atom. The van der Waals surface area contributed by atoms with Gasteiger partial charge in [0.05, 0.1) is 13.7 Å². The van der Waals surface area contributed by atoms with E-state index in [0.29, 0.717) is 17.9 Å². The third kappa shape index (κ3) is 6.71. The summed E-state index contributed by atoms with van der Waals surface area (Å²) in [5.41, 5.74) is 4.07. The molecule has 0 spiro atoms. The van der Waals surface area contributed by atoms with Crippen LogP contribution in [0.2, 0.25) is 0 Å². The molecule has 2 aromatic carbocycles. The number of hydrogen-bond donors (Lipinski definition) is 0. The summed E-state index contributed by atoms with van der Waals surface area (Å²) in [5, 5.41) is 0. The lowest BCUT2D eigenvalue weighted by Gasteiger charge is -2.16. The fourth-order valence-electron chi connectivity index (χ4n) is 2.69. The highest BCUT2D eigenvalue weighted by Gasteiger charge is 2.15. The normalized spacial score (nSPS) is 10.9. The van der Waals surface area contributed by atoms with Gasteiger partial charge in [0.25, 0.3) is 0 Å². The summed E-state index contributed by atoms with van der Waals surface area (Å²) in [7, 11) is 5.31. The maximum atomic E-state index is 12.3. The van der Waals surface area contributed by atoms with Crippen LogP contribution in [0.25, 0.3) is 12.2 Å². The summed E-state index contributed by atoms with van der Waals surface area (Å²) < 4.78 is 11.3. The first-order chi connectivity index (χ1) is 13.4. The number of nitrogens with zero attached hydrogens (tertiary/aromatic N) is 1. The molecule has 0 aliphatic rings. The van der Waals surface area contributed by atoms with Crippen LogP contribution in [0.4, 0.5) is 0 Å². The molecule has 0 saturated heterocycles. The van der Waals surface area contributed by atoms with Gasteiger partial charge in [0.1, 0.15) is 11.5 Å². The number of carbonyl (C=O) groups excluding carboxylic acids is 1. The molecule has 4 heteroatoms. The summed E-state index contributed by atoms with van der Waals surface area (Å²) in [6.07, 6.45) is 6.75. The molecule has 0 saturated carbocycles. The molecule has 0 unspecified atom stereocenters. The van der Waals surface area contributed by atoms with Gasteiger partial charge in [-0.05, 0) is 57.6 Å². The molecular weight excluding hydrogens is 350 g/mol. The van der Waals surface area contributed by atoms with E-state index in [4.69, 9.17) is 9.47 Å². The van der Waals surface area contributed by atoms with Crippen molar-refractivity contribution in [3.63, 3.8) is 0 Å². The van der Waals surface area contributed by atoms with E-state index < -0.39 is 0 Å². The van der Waals surface area contributed by atoms with E-state index in [1.807, 2.05) is 82.6 Å². The van der Waals surface area contributed by atoms with Crippen LogP contribution in [0.1, 0.15) is 30.5 Å². The number of esters is 1. The number of benzene rings is 2. The highest BCUT2D eigenvalue weighted by Crippen LogP contribution is 2.33. The third-order valence-electron chi connectivity index (χ3n) is 4.06. The summed E-state index contributed by atoms with van der Waals surface area (Å²) in [5.74, 6) is 0.950. The minimum Gasteiger partial charge on any atom is -0.496 e. The molecule has 28 heavy (non-hydrogen) atoms. The molecule has 148 valence electrons. The van der Waals surface area contributed by atoms with Gasteiger partial charge in [-0.15, -0.1) is 0 Å². The Morgan fingerprint density at radius 2 is 1.64 bits per heavy atom. The number of rotatable bonds is 8. The van der Waals surface area contributed by atoms with Crippen LogP contribution in [-0.2, 0) is 11.2 Å². The monoisotopic (exact) mass is 379 g/mol. The van der Waals surface area contributed by atoms with Gasteiger partial charge in [0, 0.05) is 5.56 Å². The summed E-state index contributed by atoms with van der Waals surface area (Å²) in [6, 6.07) is 13.9. The Hall–Kier alpha value is -2.85. The Bertz CT molecular complexity index is 848. The molecule has 0 amide bonds. The summed E-state index contributed by atoms with van der Waals surface area (Å²) >= 11 is 0. The van der Waals surface area contributed by atoms with Gasteiger partial charge in [0.2, 0.25) is 0 Å². The van der Waals surface area contributed by atoms with Crippen molar-refractivity contribution in [2.75, 3.05) is 27.7 Å². The van der Waals surface area contributed by atoms with Crippen LogP contribution in [0.5, 0.6) is 11.5 Å². The molecule has 2 rings (SSSR count). The van der Waals surface area contributed by atoms with Crippen LogP contribution >= 0.6 is 0 Å². The minimum absolute atomic E-state index is 0.217. The van der Waals surface area contributed by atoms with Gasteiger partial charge in [-0.25, -0.2) is 0 Å². The zero-order valence-electron chi connectivity index (χ0n) is 17.4. The van der Waals surface area contributed by atoms with Crippen molar-refractivity contribution in [3.8, 4) is 11.5 Å². The van der Waals surface area contributed by atoms with Crippen molar-refractivity contribution in [1.82, 2.24) is 4.90 Å². The van der Waals surface area contributed by atoms with E-state index >= 15 is 0 Å². The minimum atomic E-state index is -0.297. The van der Waals surface area contributed by atoms with Gasteiger partial charge < -0.3 is 9.47 Å². The molecular formula is C24H29NO3. The first-order valence-corrected chi connectivity index (χ1v) is 9.32. The van der Waals surface area contributed by atoms with Gasteiger partial charge in [0.15, 0.2) is 0 Å². The van der Waals surface area contributed by atoms with Crippen LogP contribution in [0, 0.1) is 0 Å². The molecule has 0 heterocycles. The maximum Gasteiger partial charge on any atom is 0.325 e. The van der Waals surface area contributed by atoms with Crippen LogP contribution in [0.15, 0.2) is 54.1 Å². The molecule has 0 atom stereocenters. The predicted molar refractivity (Wildman–Crippen MR) is 116 cm³/mol. The predicted octanol–water partition coefficient (Wildman–Crippen LogP) is 4.84. The van der Waals surface area contributed by atoms with Crippen molar-refractivity contribution in [2.45, 2.75) is 20.3 Å². The molecule has 0 aliphatic heterocycles. The number of methoxy groups -OCH3 is 1. The van der Waals surface area contributed by atoms with E-state index in [0.717, 1.165) is 16.7 Å². The highest BCUT2D eigenvalue weighted by atomic mass is 16.5. The fraction of sp³-hybridized carbons (Fsp3) is 0.292. The number of hydrogen-bond acceptors (Lipinski definition) is 4. The summed E-state index contributed by atoms with van der Waals surface area (Å²) in [6.45, 7) is 4.30. The van der Waals surface area contributed by atoms with E-state index in [1.54, 1.807) is 12.0 Å². The molecule has 0 N–H and O–H groups in total. The SMILES string of the molecule is COc1cc(/C=C/c2ccccc2)cc(OC(=O)CN(C)C)c1CC=C(C)C. The van der Waals surface area contributed by atoms with Gasteiger partial charge in [-0.2, -0.15) is 0 Å². The van der Waals surface area contributed by atoms with Crippen molar-refractivity contribution in [1.29, 1.82) is 0 Å². The van der Waals surface area contributed by atoms with E-state index in [1.165, 1.54) is 5.57 Å². The average molecular weight is 380 g/mol. The van der Waals surface area contributed by atoms with E-state index in [-0.39, 0.29) is 12.5 Å². The van der Waals surface area contributed by atoms with E-state index in [2.05, 4.69) is 6.08 Å². The topological polar surface area (TPSA) is 38.8 Å². The molecule has 2 aromatic rings. The Morgan fingerprint density at radius 3 is 2.25 bits per heavy atom. The zero-order valence-corrected chi connectivity index (χ0v) is 17.4. The lowest BCUT2D eigenvalue weighted by atomic mass is 10.0. The highest BCUT2D eigenvalue weighted by molar-refractivity contribution is 5.77. The maximum absolute atomic E-state index is 12.3. The Labute approximate surface area is 168 Å². The molecule has 0 radical (unpaired) electrons. The zero-order chi connectivity index (χ0) is 20.5. The second-order valence-electron chi connectivity index (χ2n) is 7.14. The number of ether oxygens (including phenoxy) is 2. The largest absolute Gasteiger partial charge is 0.496 e. The van der Waals surface area contributed by atoms with Crippen LogP contribution < -0.4 is 9.47 Å². The molecule has 4 nitrogen and oxygen atoms in total. The molecule has 0 bridgehead atoms. The first-order valence-electron chi connectivity index (χ1n) is 9.32. The van der Waals surface area contributed by atoms with Gasteiger partial charge >= 0.3 is 5.97 Å². The van der Waals surface area contributed by atoms with Gasteiger partial charge in [-0.3, -0.25) is 9.69 Å². The van der Waals surface area contributed by atoms with E-state index in [9.17, 15) is 4.79 Å².